The van der Waals surface area contributed by atoms with Gasteiger partial charge in [0.15, 0.2) is 5.16 Å². The first-order valence-corrected chi connectivity index (χ1v) is 7.79. The Morgan fingerprint density at radius 3 is 2.86 bits per heavy atom. The second kappa shape index (κ2) is 7.21. The molecule has 1 amide bonds. The van der Waals surface area contributed by atoms with E-state index in [0.29, 0.717) is 5.75 Å². The van der Waals surface area contributed by atoms with Gasteiger partial charge in [0.1, 0.15) is 6.33 Å². The zero-order chi connectivity index (χ0) is 15.2. The van der Waals surface area contributed by atoms with Crippen LogP contribution in [-0.2, 0) is 4.79 Å². The summed E-state index contributed by atoms with van der Waals surface area (Å²) >= 11 is 1.38. The highest BCUT2D eigenvalue weighted by molar-refractivity contribution is 7.99. The molecule has 0 aromatic carbocycles. The maximum Gasteiger partial charge on any atom is 0.231 e. The molecule has 1 atom stereocenters. The van der Waals surface area contributed by atoms with Crippen molar-refractivity contribution in [2.75, 3.05) is 5.75 Å². The number of carbonyl (C=O) groups excluding carboxylic acids is 1. The second-order valence-electron chi connectivity index (χ2n) is 4.95. The Labute approximate surface area is 128 Å². The molecule has 0 saturated carbocycles. The number of aromatic nitrogens is 4. The number of hydrogen-bond acceptors (Lipinski definition) is 5. The minimum atomic E-state index is -0.109. The van der Waals surface area contributed by atoms with Crippen LogP contribution < -0.4 is 5.32 Å². The summed E-state index contributed by atoms with van der Waals surface area (Å²) < 4.78 is 1.94. The molecule has 0 radical (unpaired) electrons. The summed E-state index contributed by atoms with van der Waals surface area (Å²) in [6, 6.07) is 5.82. The third kappa shape index (κ3) is 4.29. The average Bonchev–Trinajstić information content (AvgIpc) is 2.94. The number of pyridine rings is 1. The Balaban J connectivity index is 1.86. The van der Waals surface area contributed by atoms with Crippen molar-refractivity contribution in [2.45, 2.75) is 38.0 Å². The summed E-state index contributed by atoms with van der Waals surface area (Å²) in [7, 11) is 0. The number of nitrogens with zero attached hydrogens (tertiary/aromatic N) is 4. The summed E-state index contributed by atoms with van der Waals surface area (Å²) in [6.07, 6.45) is 3.40. The van der Waals surface area contributed by atoms with E-state index in [4.69, 9.17) is 0 Å². The Kier molecular flexibility index (Phi) is 5.32. The van der Waals surface area contributed by atoms with Crippen LogP contribution in [-0.4, -0.2) is 31.4 Å². The Morgan fingerprint density at radius 2 is 2.19 bits per heavy atom. The SMILES string of the molecule is CC(C)n1cnnc1SCC(=O)N[C@H](C)c1ccccn1. The minimum Gasteiger partial charge on any atom is -0.347 e. The van der Waals surface area contributed by atoms with Gasteiger partial charge in [-0.1, -0.05) is 17.8 Å². The molecule has 7 heteroatoms. The molecule has 0 fully saturated rings. The zero-order valence-electron chi connectivity index (χ0n) is 12.4. The predicted molar refractivity (Wildman–Crippen MR) is 81.9 cm³/mol. The number of amides is 1. The highest BCUT2D eigenvalue weighted by Crippen LogP contribution is 2.18. The summed E-state index contributed by atoms with van der Waals surface area (Å²) in [6.45, 7) is 6.02. The quantitative estimate of drug-likeness (QED) is 0.829. The van der Waals surface area contributed by atoms with Crippen LogP contribution in [0.3, 0.4) is 0 Å². The smallest absolute Gasteiger partial charge is 0.231 e. The number of rotatable bonds is 6. The molecule has 21 heavy (non-hydrogen) atoms. The van der Waals surface area contributed by atoms with Crippen LogP contribution in [0.25, 0.3) is 0 Å². The molecule has 0 unspecified atom stereocenters. The lowest BCUT2D eigenvalue weighted by Gasteiger charge is -2.13. The summed E-state index contributed by atoms with van der Waals surface area (Å²) in [5.41, 5.74) is 0.848. The Morgan fingerprint density at radius 1 is 1.38 bits per heavy atom. The summed E-state index contributed by atoms with van der Waals surface area (Å²) in [5, 5.41) is 11.6. The van der Waals surface area contributed by atoms with E-state index in [2.05, 4.69) is 34.3 Å². The van der Waals surface area contributed by atoms with Crippen LogP contribution in [0, 0.1) is 0 Å². The molecule has 2 rings (SSSR count). The van der Waals surface area contributed by atoms with Gasteiger partial charge in [-0.05, 0) is 32.9 Å². The molecule has 0 bridgehead atoms. The lowest BCUT2D eigenvalue weighted by molar-refractivity contribution is -0.119. The second-order valence-corrected chi connectivity index (χ2v) is 5.89. The number of hydrogen-bond donors (Lipinski definition) is 1. The van der Waals surface area contributed by atoms with E-state index in [1.54, 1.807) is 12.5 Å². The van der Waals surface area contributed by atoms with Crippen molar-refractivity contribution in [3.8, 4) is 0 Å². The highest BCUT2D eigenvalue weighted by atomic mass is 32.2. The van der Waals surface area contributed by atoms with Crippen LogP contribution in [0.4, 0.5) is 0 Å². The Bertz CT molecular complexity index is 584. The first-order valence-electron chi connectivity index (χ1n) is 6.80. The molecule has 0 aliphatic carbocycles. The maximum absolute atomic E-state index is 12.0. The van der Waals surface area contributed by atoms with E-state index in [-0.39, 0.29) is 18.0 Å². The standard InChI is InChI=1S/C14H19N5OS/c1-10(2)19-9-16-18-14(19)21-8-13(20)17-11(3)12-6-4-5-7-15-12/h4-7,9-11H,8H2,1-3H3,(H,17,20)/t11-/m1/s1. The van der Waals surface area contributed by atoms with Gasteiger partial charge < -0.3 is 9.88 Å². The fourth-order valence-corrected chi connectivity index (χ4v) is 2.66. The van der Waals surface area contributed by atoms with E-state index >= 15 is 0 Å². The van der Waals surface area contributed by atoms with Gasteiger partial charge in [-0.25, -0.2) is 0 Å². The van der Waals surface area contributed by atoms with E-state index in [1.165, 1.54) is 11.8 Å². The molecule has 112 valence electrons. The third-order valence-corrected chi connectivity index (χ3v) is 3.90. The van der Waals surface area contributed by atoms with Crippen LogP contribution in [0.2, 0.25) is 0 Å². The summed E-state index contributed by atoms with van der Waals surface area (Å²) in [4.78, 5) is 16.2. The van der Waals surface area contributed by atoms with Gasteiger partial charge in [0.2, 0.25) is 5.91 Å². The van der Waals surface area contributed by atoms with Gasteiger partial charge in [0.25, 0.3) is 0 Å². The number of nitrogens with one attached hydrogen (secondary N) is 1. The first-order chi connectivity index (χ1) is 10.1. The monoisotopic (exact) mass is 305 g/mol. The van der Waals surface area contributed by atoms with E-state index in [0.717, 1.165) is 10.9 Å². The van der Waals surface area contributed by atoms with Gasteiger partial charge in [-0.3, -0.25) is 9.78 Å². The van der Waals surface area contributed by atoms with Crippen molar-refractivity contribution >= 4 is 17.7 Å². The van der Waals surface area contributed by atoms with Gasteiger partial charge in [0.05, 0.1) is 17.5 Å². The van der Waals surface area contributed by atoms with Crippen LogP contribution in [0.15, 0.2) is 35.9 Å². The zero-order valence-corrected chi connectivity index (χ0v) is 13.2. The molecule has 2 aromatic rings. The first kappa shape index (κ1) is 15.5. The van der Waals surface area contributed by atoms with Crippen LogP contribution in [0.5, 0.6) is 0 Å². The van der Waals surface area contributed by atoms with Crippen molar-refractivity contribution in [1.82, 2.24) is 25.1 Å². The van der Waals surface area contributed by atoms with Gasteiger partial charge in [0, 0.05) is 12.2 Å². The molecule has 6 nitrogen and oxygen atoms in total. The largest absolute Gasteiger partial charge is 0.347 e. The molecule has 0 saturated heterocycles. The highest BCUT2D eigenvalue weighted by Gasteiger charge is 2.13. The molecule has 1 N–H and O–H groups in total. The van der Waals surface area contributed by atoms with E-state index < -0.39 is 0 Å². The lowest BCUT2D eigenvalue weighted by atomic mass is 10.2. The maximum atomic E-state index is 12.0. The van der Waals surface area contributed by atoms with Crippen LogP contribution in [0.1, 0.15) is 38.5 Å². The predicted octanol–water partition coefficient (Wildman–Crippen LogP) is 2.22. The molecule has 2 aromatic heterocycles. The van der Waals surface area contributed by atoms with E-state index in [9.17, 15) is 4.79 Å². The topological polar surface area (TPSA) is 72.7 Å². The molecule has 0 spiro atoms. The third-order valence-electron chi connectivity index (χ3n) is 2.94. The molecular formula is C14H19N5OS. The number of carbonyl (C=O) groups is 1. The van der Waals surface area contributed by atoms with Gasteiger partial charge in [-0.15, -0.1) is 10.2 Å². The Hall–Kier alpha value is -1.89. The van der Waals surface area contributed by atoms with Gasteiger partial charge in [-0.2, -0.15) is 0 Å². The van der Waals surface area contributed by atoms with Crippen molar-refractivity contribution in [1.29, 1.82) is 0 Å². The molecular weight excluding hydrogens is 286 g/mol. The van der Waals surface area contributed by atoms with Crippen molar-refractivity contribution in [3.63, 3.8) is 0 Å². The number of thioether (sulfide) groups is 1. The fraction of sp³-hybridized carbons (Fsp3) is 0.429. The van der Waals surface area contributed by atoms with Crippen LogP contribution >= 0.6 is 11.8 Å². The molecule has 2 heterocycles. The molecule has 0 aliphatic heterocycles. The van der Waals surface area contributed by atoms with Gasteiger partial charge >= 0.3 is 0 Å². The van der Waals surface area contributed by atoms with Crippen molar-refractivity contribution < 1.29 is 4.79 Å². The fourth-order valence-electron chi connectivity index (χ4n) is 1.81. The summed E-state index contributed by atoms with van der Waals surface area (Å²) in [5.74, 6) is 0.263. The lowest BCUT2D eigenvalue weighted by Crippen LogP contribution is -2.28. The molecule has 0 aliphatic rings. The average molecular weight is 305 g/mol. The normalized spacial score (nSPS) is 12.4. The van der Waals surface area contributed by atoms with E-state index in [1.807, 2.05) is 29.7 Å². The van der Waals surface area contributed by atoms with Crippen molar-refractivity contribution in [3.05, 3.63) is 36.4 Å². The van der Waals surface area contributed by atoms with Crippen molar-refractivity contribution in [2.24, 2.45) is 0 Å². The minimum absolute atomic E-state index is 0.0449.